The van der Waals surface area contributed by atoms with Crippen LogP contribution in [0.2, 0.25) is 0 Å². The Morgan fingerprint density at radius 1 is 0.953 bits per heavy atom. The topological polar surface area (TPSA) is 114 Å². The second kappa shape index (κ2) is 12.9. The van der Waals surface area contributed by atoms with E-state index in [0.717, 1.165) is 97.0 Å². The number of aromatic amines is 1. The highest BCUT2D eigenvalue weighted by atomic mass is 16.5. The van der Waals surface area contributed by atoms with Crippen LogP contribution in [-0.4, -0.2) is 92.0 Å². The molecule has 0 spiro atoms. The molecule has 1 saturated heterocycles. The first kappa shape index (κ1) is 28.7. The summed E-state index contributed by atoms with van der Waals surface area (Å²) in [4.78, 5) is 22.9. The summed E-state index contributed by atoms with van der Waals surface area (Å²) in [6.45, 7) is 6.65. The van der Waals surface area contributed by atoms with E-state index in [0.29, 0.717) is 17.9 Å². The first-order valence-electron chi connectivity index (χ1n) is 16.6. The van der Waals surface area contributed by atoms with Gasteiger partial charge in [-0.05, 0) is 50.2 Å². The van der Waals surface area contributed by atoms with Crippen LogP contribution in [0.5, 0.6) is 0 Å². The summed E-state index contributed by atoms with van der Waals surface area (Å²) in [5.41, 5.74) is 11.3. The molecule has 0 amide bonds. The smallest absolute Gasteiger partial charge is 0.164 e. The van der Waals surface area contributed by atoms with Crippen molar-refractivity contribution in [3.8, 4) is 11.3 Å². The van der Waals surface area contributed by atoms with E-state index < -0.39 is 0 Å². The van der Waals surface area contributed by atoms with Crippen LogP contribution in [0.15, 0.2) is 24.5 Å². The number of fused-ring (bicyclic) bond motifs is 2. The fourth-order valence-corrected chi connectivity index (χ4v) is 7.88. The highest BCUT2D eigenvalue weighted by Crippen LogP contribution is 2.38. The Labute approximate surface area is 254 Å². The maximum atomic E-state index is 6.48. The highest BCUT2D eigenvalue weighted by molar-refractivity contribution is 5.99. The van der Waals surface area contributed by atoms with Gasteiger partial charge in [0.2, 0.25) is 0 Å². The summed E-state index contributed by atoms with van der Waals surface area (Å²) >= 11 is 0. The van der Waals surface area contributed by atoms with Crippen LogP contribution in [0, 0.1) is 5.92 Å². The van der Waals surface area contributed by atoms with Gasteiger partial charge in [-0.1, -0.05) is 38.2 Å². The number of benzene rings is 1. The SMILES string of the molecule is COCCCN1CCN(C2CCC(n3nc(-c4ccc5nc(CC6CCCCC6)[nH]c5c4)c4c(N)ncnc43)CC2)CC1. The Balaban J connectivity index is 1.06. The number of anilines is 1. The summed E-state index contributed by atoms with van der Waals surface area (Å²) in [7, 11) is 1.79. The summed E-state index contributed by atoms with van der Waals surface area (Å²) in [6, 6.07) is 7.38. The van der Waals surface area contributed by atoms with Gasteiger partial charge in [-0.15, -0.1) is 0 Å². The lowest BCUT2D eigenvalue weighted by Gasteiger charge is -2.42. The average molecular weight is 586 g/mol. The second-order valence-corrected chi connectivity index (χ2v) is 13.1. The number of hydrogen-bond donors (Lipinski definition) is 2. The van der Waals surface area contributed by atoms with Gasteiger partial charge in [0.05, 0.1) is 22.5 Å². The van der Waals surface area contributed by atoms with Gasteiger partial charge >= 0.3 is 0 Å². The molecule has 10 heteroatoms. The molecular weight excluding hydrogens is 538 g/mol. The van der Waals surface area contributed by atoms with Crippen molar-refractivity contribution in [3.63, 3.8) is 0 Å². The fraction of sp³-hybridized carbons (Fsp3) is 0.636. The number of rotatable bonds is 9. The first-order chi connectivity index (χ1) is 21.2. The number of nitrogen functional groups attached to an aromatic ring is 1. The van der Waals surface area contributed by atoms with Gasteiger partial charge in [-0.3, -0.25) is 4.90 Å². The molecule has 3 aromatic heterocycles. The highest BCUT2D eigenvalue weighted by Gasteiger charge is 2.31. The minimum Gasteiger partial charge on any atom is -0.385 e. The molecule has 0 unspecified atom stereocenters. The van der Waals surface area contributed by atoms with Gasteiger partial charge in [-0.2, -0.15) is 5.10 Å². The van der Waals surface area contributed by atoms with Crippen LogP contribution in [0.25, 0.3) is 33.3 Å². The number of ether oxygens (including phenoxy) is 1. The molecule has 2 saturated carbocycles. The van der Waals surface area contributed by atoms with Crippen LogP contribution in [0.3, 0.4) is 0 Å². The number of methoxy groups -OCH3 is 1. The van der Waals surface area contributed by atoms with Crippen molar-refractivity contribution >= 4 is 27.9 Å². The molecule has 1 aliphatic heterocycles. The number of hydrogen-bond acceptors (Lipinski definition) is 8. The van der Waals surface area contributed by atoms with E-state index in [9.17, 15) is 0 Å². The lowest BCUT2D eigenvalue weighted by atomic mass is 9.87. The molecule has 10 nitrogen and oxygen atoms in total. The number of piperazine rings is 1. The Bertz CT molecular complexity index is 1510. The molecule has 1 aromatic carbocycles. The fourth-order valence-electron chi connectivity index (χ4n) is 7.88. The van der Waals surface area contributed by atoms with Crippen molar-refractivity contribution in [2.24, 2.45) is 5.92 Å². The number of aromatic nitrogens is 6. The zero-order chi connectivity index (χ0) is 29.2. The molecule has 3 N–H and O–H groups in total. The van der Waals surface area contributed by atoms with Crippen LogP contribution in [0.1, 0.15) is 76.1 Å². The Kier molecular flexibility index (Phi) is 8.59. The Hall–Kier alpha value is -3.08. The van der Waals surface area contributed by atoms with Crippen molar-refractivity contribution in [2.45, 2.75) is 82.7 Å². The second-order valence-electron chi connectivity index (χ2n) is 13.1. The van der Waals surface area contributed by atoms with E-state index in [2.05, 4.69) is 42.6 Å². The average Bonchev–Trinajstić information content (AvgIpc) is 3.64. The molecule has 4 aromatic rings. The predicted molar refractivity (Wildman–Crippen MR) is 171 cm³/mol. The Morgan fingerprint density at radius 3 is 2.53 bits per heavy atom. The largest absolute Gasteiger partial charge is 0.385 e. The van der Waals surface area contributed by atoms with Crippen molar-refractivity contribution in [1.82, 2.24) is 39.5 Å². The third kappa shape index (κ3) is 6.14. The van der Waals surface area contributed by atoms with E-state index in [1.54, 1.807) is 13.4 Å². The molecule has 43 heavy (non-hydrogen) atoms. The lowest BCUT2D eigenvalue weighted by molar-refractivity contribution is 0.0662. The number of nitrogens with zero attached hydrogens (tertiary/aromatic N) is 7. The normalized spacial score (nSPS) is 23.0. The van der Waals surface area contributed by atoms with E-state index in [4.69, 9.17) is 25.5 Å². The van der Waals surface area contributed by atoms with Crippen molar-refractivity contribution in [3.05, 3.63) is 30.4 Å². The zero-order valence-corrected chi connectivity index (χ0v) is 25.7. The molecule has 7 rings (SSSR count). The third-order valence-corrected chi connectivity index (χ3v) is 10.3. The summed E-state index contributed by atoms with van der Waals surface area (Å²) < 4.78 is 7.38. The van der Waals surface area contributed by atoms with Gasteiger partial charge in [0.15, 0.2) is 5.65 Å². The van der Waals surface area contributed by atoms with Gasteiger partial charge < -0.3 is 20.4 Å². The maximum absolute atomic E-state index is 6.48. The van der Waals surface area contributed by atoms with Crippen molar-refractivity contribution in [1.29, 1.82) is 0 Å². The number of H-pyrrole nitrogens is 1. The summed E-state index contributed by atoms with van der Waals surface area (Å²) in [6.07, 6.45) is 15.0. The summed E-state index contributed by atoms with van der Waals surface area (Å²) in [5.74, 6) is 2.34. The molecule has 0 bridgehead atoms. The van der Waals surface area contributed by atoms with Gasteiger partial charge in [0, 0.05) is 64.5 Å². The summed E-state index contributed by atoms with van der Waals surface area (Å²) in [5, 5.41) is 6.06. The van der Waals surface area contributed by atoms with E-state index >= 15 is 0 Å². The molecule has 0 radical (unpaired) electrons. The Morgan fingerprint density at radius 2 is 1.74 bits per heavy atom. The minimum atomic E-state index is 0.315. The number of nitrogens with one attached hydrogen (secondary N) is 1. The molecule has 2 aliphatic carbocycles. The molecule has 4 heterocycles. The van der Waals surface area contributed by atoms with Crippen LogP contribution >= 0.6 is 0 Å². The van der Waals surface area contributed by atoms with Crippen LogP contribution < -0.4 is 5.73 Å². The zero-order valence-electron chi connectivity index (χ0n) is 25.7. The number of nitrogens with two attached hydrogens (primary N) is 1. The van der Waals surface area contributed by atoms with Gasteiger partial charge in [0.25, 0.3) is 0 Å². The van der Waals surface area contributed by atoms with Crippen LogP contribution in [0.4, 0.5) is 5.82 Å². The van der Waals surface area contributed by atoms with E-state index in [1.807, 2.05) is 0 Å². The first-order valence-corrected chi connectivity index (χ1v) is 16.6. The third-order valence-electron chi connectivity index (χ3n) is 10.3. The molecule has 230 valence electrons. The standard InChI is InChI=1S/C33H47N9O/c1-43-19-5-14-40-15-17-41(18-16-40)25-9-11-26(12-10-25)42-33-30(32(34)35-22-36-33)31(39-42)24-8-13-27-28(21-24)38-29(37-27)20-23-6-3-2-4-7-23/h8,13,21-23,25-26H,2-7,9-12,14-20H2,1H3,(H,37,38)(H2,34,35,36). The molecular formula is C33H47N9O. The quantitative estimate of drug-likeness (QED) is 0.257. The van der Waals surface area contributed by atoms with Crippen molar-refractivity contribution < 1.29 is 4.74 Å². The molecule has 3 fully saturated rings. The van der Waals surface area contributed by atoms with Crippen LogP contribution in [-0.2, 0) is 11.2 Å². The maximum Gasteiger partial charge on any atom is 0.164 e. The monoisotopic (exact) mass is 585 g/mol. The molecule has 0 atom stereocenters. The van der Waals surface area contributed by atoms with Crippen molar-refractivity contribution in [2.75, 3.05) is 52.2 Å². The predicted octanol–water partition coefficient (Wildman–Crippen LogP) is 5.21. The van der Waals surface area contributed by atoms with Gasteiger partial charge in [0.1, 0.15) is 23.7 Å². The van der Waals surface area contributed by atoms with E-state index in [-0.39, 0.29) is 0 Å². The lowest BCUT2D eigenvalue weighted by Crippen LogP contribution is -2.51. The van der Waals surface area contributed by atoms with Gasteiger partial charge in [-0.25, -0.2) is 19.6 Å². The minimum absolute atomic E-state index is 0.315. The van der Waals surface area contributed by atoms with E-state index in [1.165, 1.54) is 58.0 Å². The number of imidazole rings is 1. The molecule has 3 aliphatic rings.